The summed E-state index contributed by atoms with van der Waals surface area (Å²) in [5.41, 5.74) is 1.46. The second-order valence-corrected chi connectivity index (χ2v) is 11.2. The van der Waals surface area contributed by atoms with E-state index in [1.807, 2.05) is 6.92 Å². The zero-order valence-electron chi connectivity index (χ0n) is 18.6. The standard InChI is InChI=1S/C23H21BrN2O7S2/c1-15-2-5-17(6-3-15)35(30,31)33-19-7-4-16(12-18(19)24)13-20-22(28)26(23(29)34-20)14-21(27)25-8-10-32-11-9-25/h2-7,12-13H,8-11,14H2,1H3/b20-13-. The number of halogens is 1. The topological polar surface area (TPSA) is 110 Å². The average Bonchev–Trinajstić information content (AvgIpc) is 3.09. The summed E-state index contributed by atoms with van der Waals surface area (Å²) in [7, 11) is -4.03. The maximum atomic E-state index is 12.8. The Hall–Kier alpha value is -2.67. The van der Waals surface area contributed by atoms with Crippen LogP contribution in [0.5, 0.6) is 5.75 Å². The van der Waals surface area contributed by atoms with Crippen molar-refractivity contribution in [1.29, 1.82) is 0 Å². The van der Waals surface area contributed by atoms with Gasteiger partial charge in [-0.15, -0.1) is 0 Å². The number of carbonyl (C=O) groups excluding carboxylic acids is 3. The zero-order valence-corrected chi connectivity index (χ0v) is 21.8. The fourth-order valence-corrected chi connectivity index (χ4v) is 5.75. The van der Waals surface area contributed by atoms with Crippen LogP contribution in [0.15, 0.2) is 56.7 Å². The number of amides is 3. The van der Waals surface area contributed by atoms with E-state index >= 15 is 0 Å². The van der Waals surface area contributed by atoms with E-state index in [9.17, 15) is 22.8 Å². The van der Waals surface area contributed by atoms with Crippen LogP contribution in [0.3, 0.4) is 0 Å². The van der Waals surface area contributed by atoms with E-state index in [1.54, 1.807) is 29.2 Å². The van der Waals surface area contributed by atoms with Crippen LogP contribution >= 0.6 is 27.7 Å². The highest BCUT2D eigenvalue weighted by molar-refractivity contribution is 9.10. The molecule has 2 aromatic carbocycles. The van der Waals surface area contributed by atoms with Crippen LogP contribution in [0.1, 0.15) is 11.1 Å². The van der Waals surface area contributed by atoms with Crippen LogP contribution in [0.25, 0.3) is 6.08 Å². The molecule has 0 saturated carbocycles. The van der Waals surface area contributed by atoms with E-state index in [1.165, 1.54) is 24.3 Å². The molecular formula is C23H21BrN2O7S2. The summed E-state index contributed by atoms with van der Waals surface area (Å²) in [4.78, 5) is 40.3. The lowest BCUT2D eigenvalue weighted by Crippen LogP contribution is -2.46. The van der Waals surface area contributed by atoms with Crippen LogP contribution in [0.2, 0.25) is 0 Å². The first-order chi connectivity index (χ1) is 16.6. The van der Waals surface area contributed by atoms with Gasteiger partial charge in [-0.05, 0) is 70.5 Å². The van der Waals surface area contributed by atoms with Crippen LogP contribution in [0, 0.1) is 6.92 Å². The average molecular weight is 581 g/mol. The lowest BCUT2D eigenvalue weighted by Gasteiger charge is -2.28. The molecule has 0 spiro atoms. The molecule has 2 heterocycles. The number of hydrogen-bond acceptors (Lipinski definition) is 8. The van der Waals surface area contributed by atoms with Crippen molar-refractivity contribution in [1.82, 2.24) is 9.80 Å². The minimum atomic E-state index is -4.03. The van der Waals surface area contributed by atoms with E-state index < -0.39 is 21.3 Å². The summed E-state index contributed by atoms with van der Waals surface area (Å²) in [5, 5.41) is -0.522. The molecule has 2 saturated heterocycles. The first-order valence-corrected chi connectivity index (χ1v) is 13.6. The summed E-state index contributed by atoms with van der Waals surface area (Å²) in [6.45, 7) is 3.22. The SMILES string of the molecule is Cc1ccc(S(=O)(=O)Oc2ccc(/C=C3\SC(=O)N(CC(=O)N4CCOCC4)C3=O)cc2Br)cc1. The van der Waals surface area contributed by atoms with Crippen molar-refractivity contribution in [2.24, 2.45) is 0 Å². The Labute approximate surface area is 215 Å². The molecule has 4 rings (SSSR count). The second-order valence-electron chi connectivity index (χ2n) is 7.80. The highest BCUT2D eigenvalue weighted by Crippen LogP contribution is 2.34. The molecule has 0 radical (unpaired) electrons. The van der Waals surface area contributed by atoms with Gasteiger partial charge >= 0.3 is 10.1 Å². The van der Waals surface area contributed by atoms with Gasteiger partial charge in [0.1, 0.15) is 11.4 Å². The Morgan fingerprint density at radius 1 is 1.14 bits per heavy atom. The summed E-state index contributed by atoms with van der Waals surface area (Å²) in [5.74, 6) is -0.789. The molecule has 2 fully saturated rings. The normalized spacial score (nSPS) is 17.8. The van der Waals surface area contributed by atoms with Gasteiger partial charge in [-0.1, -0.05) is 23.8 Å². The fourth-order valence-electron chi connectivity index (χ4n) is 3.38. The van der Waals surface area contributed by atoms with Gasteiger partial charge < -0.3 is 13.8 Å². The van der Waals surface area contributed by atoms with Gasteiger partial charge in [0.2, 0.25) is 5.91 Å². The number of nitrogens with zero attached hydrogens (tertiary/aromatic N) is 2. The predicted molar refractivity (Wildman–Crippen MR) is 133 cm³/mol. The van der Waals surface area contributed by atoms with Crippen molar-refractivity contribution in [2.75, 3.05) is 32.8 Å². The van der Waals surface area contributed by atoms with Gasteiger partial charge in [0.15, 0.2) is 5.75 Å². The third kappa shape index (κ3) is 5.95. The highest BCUT2D eigenvalue weighted by Gasteiger charge is 2.37. The van der Waals surface area contributed by atoms with E-state index in [0.29, 0.717) is 36.3 Å². The molecule has 0 N–H and O–H groups in total. The first kappa shape index (κ1) is 25.4. The number of benzene rings is 2. The minimum Gasteiger partial charge on any atom is -0.378 e. The number of rotatable bonds is 6. The summed E-state index contributed by atoms with van der Waals surface area (Å²) in [6.07, 6.45) is 1.51. The largest absolute Gasteiger partial charge is 0.378 e. The Balaban J connectivity index is 1.46. The molecule has 3 amide bonds. The molecule has 2 aromatic rings. The number of aryl methyl sites for hydroxylation is 1. The summed E-state index contributed by atoms with van der Waals surface area (Å²) in [6, 6.07) is 10.9. The van der Waals surface area contributed by atoms with Crippen molar-refractivity contribution in [3.8, 4) is 5.75 Å². The van der Waals surface area contributed by atoms with Crippen molar-refractivity contribution >= 4 is 60.9 Å². The maximum Gasteiger partial charge on any atom is 0.339 e. The third-order valence-corrected chi connectivity index (χ3v) is 8.07. The monoisotopic (exact) mass is 580 g/mol. The molecule has 0 atom stereocenters. The van der Waals surface area contributed by atoms with Gasteiger partial charge in [0.05, 0.1) is 22.6 Å². The van der Waals surface area contributed by atoms with Gasteiger partial charge in [-0.3, -0.25) is 19.3 Å². The molecule has 9 nitrogen and oxygen atoms in total. The molecule has 35 heavy (non-hydrogen) atoms. The number of hydrogen-bond donors (Lipinski definition) is 0. The molecule has 0 bridgehead atoms. The van der Waals surface area contributed by atoms with Crippen LogP contribution < -0.4 is 4.18 Å². The second kappa shape index (κ2) is 10.5. The van der Waals surface area contributed by atoms with Crippen molar-refractivity contribution in [3.05, 3.63) is 63.0 Å². The quantitative estimate of drug-likeness (QED) is 0.377. The van der Waals surface area contributed by atoms with E-state index in [2.05, 4.69) is 15.9 Å². The van der Waals surface area contributed by atoms with E-state index in [0.717, 1.165) is 22.2 Å². The minimum absolute atomic E-state index is 0.0272. The fraction of sp³-hybridized carbons (Fsp3) is 0.261. The molecule has 12 heteroatoms. The molecule has 2 aliphatic heterocycles. The number of morpholine rings is 1. The number of ether oxygens (including phenoxy) is 1. The van der Waals surface area contributed by atoms with Gasteiger partial charge in [-0.2, -0.15) is 8.42 Å². The Morgan fingerprint density at radius 2 is 1.83 bits per heavy atom. The Kier molecular flexibility index (Phi) is 7.64. The molecule has 0 aliphatic carbocycles. The number of carbonyl (C=O) groups is 3. The van der Waals surface area contributed by atoms with Gasteiger partial charge in [0.25, 0.3) is 11.1 Å². The number of imide groups is 1. The maximum absolute atomic E-state index is 12.8. The van der Waals surface area contributed by atoms with Crippen molar-refractivity contribution in [3.63, 3.8) is 0 Å². The molecular weight excluding hydrogens is 560 g/mol. The van der Waals surface area contributed by atoms with Crippen LogP contribution in [-0.4, -0.2) is 68.1 Å². The zero-order chi connectivity index (χ0) is 25.2. The van der Waals surface area contributed by atoms with Crippen molar-refractivity contribution < 1.29 is 31.7 Å². The molecule has 0 unspecified atom stereocenters. The van der Waals surface area contributed by atoms with Crippen LogP contribution in [0.4, 0.5) is 4.79 Å². The highest BCUT2D eigenvalue weighted by atomic mass is 79.9. The summed E-state index contributed by atoms with van der Waals surface area (Å²) < 4.78 is 36.0. The van der Waals surface area contributed by atoms with Crippen molar-refractivity contribution in [2.45, 2.75) is 11.8 Å². The lowest BCUT2D eigenvalue weighted by atomic mass is 10.2. The first-order valence-electron chi connectivity index (χ1n) is 10.6. The van der Waals surface area contributed by atoms with Gasteiger partial charge in [0, 0.05) is 13.1 Å². The molecule has 2 aliphatic rings. The smallest absolute Gasteiger partial charge is 0.339 e. The number of thioether (sulfide) groups is 1. The van der Waals surface area contributed by atoms with Crippen LogP contribution in [-0.2, 0) is 24.4 Å². The Bertz CT molecular complexity index is 1300. The predicted octanol–water partition coefficient (Wildman–Crippen LogP) is 3.42. The molecule has 184 valence electrons. The van der Waals surface area contributed by atoms with Gasteiger partial charge in [-0.25, -0.2) is 0 Å². The third-order valence-electron chi connectivity index (χ3n) is 5.29. The lowest BCUT2D eigenvalue weighted by molar-refractivity contribution is -0.139. The summed E-state index contributed by atoms with van der Waals surface area (Å²) >= 11 is 4.05. The van der Waals surface area contributed by atoms with E-state index in [-0.39, 0.29) is 28.0 Å². The molecule has 0 aromatic heterocycles. The van der Waals surface area contributed by atoms with E-state index in [4.69, 9.17) is 8.92 Å². The Morgan fingerprint density at radius 3 is 2.49 bits per heavy atom.